The Bertz CT molecular complexity index is 902. The molecule has 106 valence electrons. The van der Waals surface area contributed by atoms with Gasteiger partial charge in [-0.25, -0.2) is 4.98 Å². The average molecular weight is 304 g/mol. The van der Waals surface area contributed by atoms with Crippen molar-refractivity contribution < 1.29 is 4.92 Å². The van der Waals surface area contributed by atoms with Crippen LogP contribution in [0, 0.1) is 10.1 Å². The molecule has 0 fully saturated rings. The Labute approximate surface area is 121 Å². The Balaban J connectivity index is 2.12. The Kier molecular flexibility index (Phi) is 3.06. The van der Waals surface area contributed by atoms with Gasteiger partial charge in [0.2, 0.25) is 0 Å². The highest BCUT2D eigenvalue weighted by Crippen LogP contribution is 2.17. The molecular formula is C11H8N6O3S. The minimum atomic E-state index is -0.557. The number of nitrogen functional groups attached to an aromatic ring is 1. The lowest BCUT2D eigenvalue weighted by atomic mass is 10.2. The van der Waals surface area contributed by atoms with Gasteiger partial charge in [0.15, 0.2) is 0 Å². The first-order valence-electron chi connectivity index (χ1n) is 5.76. The number of hydrogen-bond acceptors (Lipinski definition) is 8. The number of nitrogens with zero attached hydrogens (tertiary/aromatic N) is 5. The topological polar surface area (TPSA) is 130 Å². The maximum Gasteiger partial charge on any atom is 0.270 e. The zero-order valence-electron chi connectivity index (χ0n) is 10.5. The third-order valence-corrected chi connectivity index (χ3v) is 3.52. The molecule has 0 aliphatic carbocycles. The van der Waals surface area contributed by atoms with E-state index in [2.05, 4.69) is 14.6 Å². The summed E-state index contributed by atoms with van der Waals surface area (Å²) in [5.74, 6) is 0. The van der Waals surface area contributed by atoms with Crippen molar-refractivity contribution in [3.63, 3.8) is 0 Å². The lowest BCUT2D eigenvalue weighted by Crippen LogP contribution is -2.21. The van der Waals surface area contributed by atoms with Crippen LogP contribution in [0.2, 0.25) is 0 Å². The van der Waals surface area contributed by atoms with Crippen LogP contribution in [0.25, 0.3) is 10.9 Å². The molecule has 2 aromatic heterocycles. The van der Waals surface area contributed by atoms with Crippen molar-refractivity contribution in [3.8, 4) is 0 Å². The number of aromatic nitrogens is 4. The van der Waals surface area contributed by atoms with Crippen LogP contribution in [0.4, 0.5) is 10.7 Å². The van der Waals surface area contributed by atoms with Gasteiger partial charge in [0.1, 0.15) is 10.7 Å². The number of anilines is 1. The molecule has 0 saturated heterocycles. The van der Waals surface area contributed by atoms with E-state index in [1.54, 1.807) is 0 Å². The summed E-state index contributed by atoms with van der Waals surface area (Å²) >= 11 is 1.03. The fourth-order valence-electron chi connectivity index (χ4n) is 1.86. The predicted molar refractivity (Wildman–Crippen MR) is 76.1 cm³/mol. The summed E-state index contributed by atoms with van der Waals surface area (Å²) < 4.78 is 4.98. The van der Waals surface area contributed by atoms with E-state index in [0.29, 0.717) is 16.2 Å². The van der Waals surface area contributed by atoms with Gasteiger partial charge >= 0.3 is 0 Å². The van der Waals surface area contributed by atoms with Crippen LogP contribution in [0.15, 0.2) is 29.3 Å². The lowest BCUT2D eigenvalue weighted by molar-refractivity contribution is -0.384. The SMILES string of the molecule is Nc1snnc1Cn1cnc2ccc([N+](=O)[O-])cc2c1=O. The molecule has 10 heteroatoms. The standard InChI is InChI=1S/C11H8N6O3S/c12-10-9(14-15-21-10)4-16-5-13-8-2-1-6(17(19)20)3-7(8)11(16)18/h1-3,5H,4,12H2. The highest BCUT2D eigenvalue weighted by Gasteiger charge is 2.12. The third-order valence-electron chi connectivity index (χ3n) is 2.92. The summed E-state index contributed by atoms with van der Waals surface area (Å²) in [7, 11) is 0. The Hall–Kier alpha value is -2.88. The quantitative estimate of drug-likeness (QED) is 0.559. The number of rotatable bonds is 3. The molecule has 0 amide bonds. The van der Waals surface area contributed by atoms with Gasteiger partial charge in [-0.05, 0) is 6.07 Å². The first kappa shape index (κ1) is 13.1. The molecule has 2 heterocycles. The van der Waals surface area contributed by atoms with Crippen molar-refractivity contribution in [2.75, 3.05) is 5.73 Å². The van der Waals surface area contributed by atoms with E-state index < -0.39 is 10.5 Å². The minimum Gasteiger partial charge on any atom is -0.388 e. The summed E-state index contributed by atoms with van der Waals surface area (Å²) in [5, 5.41) is 15.2. The van der Waals surface area contributed by atoms with E-state index in [-0.39, 0.29) is 17.6 Å². The number of benzene rings is 1. The molecule has 3 rings (SSSR count). The van der Waals surface area contributed by atoms with Gasteiger partial charge in [-0.3, -0.25) is 19.5 Å². The summed E-state index contributed by atoms with van der Waals surface area (Å²) in [6.07, 6.45) is 1.36. The Morgan fingerprint density at radius 1 is 1.43 bits per heavy atom. The average Bonchev–Trinajstić information content (AvgIpc) is 2.87. The molecule has 0 bridgehead atoms. The van der Waals surface area contributed by atoms with E-state index in [1.165, 1.54) is 29.1 Å². The molecule has 2 N–H and O–H groups in total. The van der Waals surface area contributed by atoms with Crippen LogP contribution in [0.5, 0.6) is 0 Å². The highest BCUT2D eigenvalue weighted by molar-refractivity contribution is 7.09. The minimum absolute atomic E-state index is 0.118. The van der Waals surface area contributed by atoms with Gasteiger partial charge in [-0.2, -0.15) is 0 Å². The first-order valence-corrected chi connectivity index (χ1v) is 6.54. The van der Waals surface area contributed by atoms with Gasteiger partial charge in [-0.1, -0.05) is 4.49 Å². The smallest absolute Gasteiger partial charge is 0.270 e. The summed E-state index contributed by atoms with van der Waals surface area (Å²) in [4.78, 5) is 26.7. The predicted octanol–water partition coefficient (Wildman–Crippen LogP) is 0.787. The fourth-order valence-corrected chi connectivity index (χ4v) is 2.30. The summed E-state index contributed by atoms with van der Waals surface area (Å²) in [6.45, 7) is 0.118. The van der Waals surface area contributed by atoms with Crippen molar-refractivity contribution >= 4 is 33.1 Å². The fraction of sp³-hybridized carbons (Fsp3) is 0.0909. The van der Waals surface area contributed by atoms with Gasteiger partial charge in [-0.15, -0.1) is 5.10 Å². The van der Waals surface area contributed by atoms with Crippen molar-refractivity contribution in [3.05, 3.63) is 50.7 Å². The van der Waals surface area contributed by atoms with Gasteiger partial charge in [0.05, 0.1) is 28.7 Å². The summed E-state index contributed by atoms with van der Waals surface area (Å²) in [5.41, 5.74) is 5.99. The van der Waals surface area contributed by atoms with E-state index in [9.17, 15) is 14.9 Å². The molecule has 9 nitrogen and oxygen atoms in total. The molecule has 0 atom stereocenters. The van der Waals surface area contributed by atoms with E-state index >= 15 is 0 Å². The number of non-ortho nitro benzene ring substituents is 1. The van der Waals surface area contributed by atoms with Crippen LogP contribution in [0.3, 0.4) is 0 Å². The zero-order chi connectivity index (χ0) is 15.0. The van der Waals surface area contributed by atoms with E-state index in [4.69, 9.17) is 5.73 Å². The number of nitro groups is 1. The lowest BCUT2D eigenvalue weighted by Gasteiger charge is -2.04. The molecule has 1 aromatic carbocycles. The zero-order valence-corrected chi connectivity index (χ0v) is 11.3. The molecule has 0 aliphatic heterocycles. The van der Waals surface area contributed by atoms with Gasteiger partial charge in [0, 0.05) is 23.7 Å². The maximum absolute atomic E-state index is 12.4. The van der Waals surface area contributed by atoms with E-state index in [1.807, 2.05) is 0 Å². The molecule has 21 heavy (non-hydrogen) atoms. The van der Waals surface area contributed by atoms with Crippen LogP contribution < -0.4 is 11.3 Å². The Morgan fingerprint density at radius 2 is 2.24 bits per heavy atom. The van der Waals surface area contributed by atoms with Crippen molar-refractivity contribution in [1.82, 2.24) is 19.1 Å². The molecule has 0 radical (unpaired) electrons. The van der Waals surface area contributed by atoms with Crippen molar-refractivity contribution in [2.24, 2.45) is 0 Å². The molecule has 0 unspecified atom stereocenters. The van der Waals surface area contributed by atoms with Crippen LogP contribution in [0.1, 0.15) is 5.69 Å². The number of hydrogen-bond donors (Lipinski definition) is 1. The van der Waals surface area contributed by atoms with Gasteiger partial charge in [0.25, 0.3) is 11.2 Å². The molecular weight excluding hydrogens is 296 g/mol. The number of nitro benzene ring substituents is 1. The second kappa shape index (κ2) is 4.90. The van der Waals surface area contributed by atoms with Crippen LogP contribution in [-0.2, 0) is 6.54 Å². The monoisotopic (exact) mass is 304 g/mol. The second-order valence-electron chi connectivity index (χ2n) is 4.22. The largest absolute Gasteiger partial charge is 0.388 e. The molecule has 0 aliphatic rings. The third kappa shape index (κ3) is 2.31. The normalized spacial score (nSPS) is 10.9. The van der Waals surface area contributed by atoms with Crippen LogP contribution in [-0.4, -0.2) is 24.1 Å². The summed E-state index contributed by atoms with van der Waals surface area (Å²) in [6, 6.07) is 3.96. The molecule has 3 aromatic rings. The van der Waals surface area contributed by atoms with Crippen molar-refractivity contribution in [1.29, 1.82) is 0 Å². The second-order valence-corrected chi connectivity index (χ2v) is 5.01. The molecule has 0 saturated carbocycles. The van der Waals surface area contributed by atoms with Crippen LogP contribution >= 0.6 is 11.5 Å². The molecule has 0 spiro atoms. The van der Waals surface area contributed by atoms with E-state index in [0.717, 1.165) is 11.5 Å². The first-order chi connectivity index (χ1) is 10.1. The maximum atomic E-state index is 12.4. The number of nitrogens with two attached hydrogens (primary N) is 1. The Morgan fingerprint density at radius 3 is 2.90 bits per heavy atom. The number of fused-ring (bicyclic) bond motifs is 1. The van der Waals surface area contributed by atoms with Gasteiger partial charge < -0.3 is 5.73 Å². The highest BCUT2D eigenvalue weighted by atomic mass is 32.1. The van der Waals surface area contributed by atoms with Crippen molar-refractivity contribution in [2.45, 2.75) is 6.54 Å².